The maximum Gasteiger partial charge on any atom is 0.0661 e. The van der Waals surface area contributed by atoms with Gasteiger partial charge in [-0.25, -0.2) is 0 Å². The van der Waals surface area contributed by atoms with E-state index in [1.54, 1.807) is 0 Å². The molecule has 0 aromatic heterocycles. The van der Waals surface area contributed by atoms with Crippen LogP contribution < -0.4 is 5.32 Å². The SMILES string of the molecule is CC1=CC(C2=CC=CCC2)NC=C1c1ccccc1. The molecule has 1 N–H and O–H groups in total. The fourth-order valence-corrected chi connectivity index (χ4v) is 2.70. The summed E-state index contributed by atoms with van der Waals surface area (Å²) < 4.78 is 0. The van der Waals surface area contributed by atoms with Gasteiger partial charge in [-0.3, -0.25) is 0 Å². The van der Waals surface area contributed by atoms with Gasteiger partial charge >= 0.3 is 0 Å². The Morgan fingerprint density at radius 2 is 2.00 bits per heavy atom. The monoisotopic (exact) mass is 249 g/mol. The van der Waals surface area contributed by atoms with Gasteiger partial charge in [0.2, 0.25) is 0 Å². The van der Waals surface area contributed by atoms with E-state index in [2.05, 4.69) is 73.1 Å². The Morgan fingerprint density at radius 3 is 2.68 bits per heavy atom. The topological polar surface area (TPSA) is 12.0 Å². The number of hydrogen-bond acceptors (Lipinski definition) is 1. The molecule has 0 saturated carbocycles. The zero-order valence-electron chi connectivity index (χ0n) is 11.3. The van der Waals surface area contributed by atoms with E-state index in [1.807, 2.05) is 0 Å². The third-order valence-corrected chi connectivity index (χ3v) is 3.78. The van der Waals surface area contributed by atoms with E-state index in [0.29, 0.717) is 6.04 Å². The zero-order valence-corrected chi connectivity index (χ0v) is 11.3. The van der Waals surface area contributed by atoms with E-state index < -0.39 is 0 Å². The van der Waals surface area contributed by atoms with Crippen LogP contribution in [0.25, 0.3) is 5.57 Å². The molecule has 0 spiro atoms. The van der Waals surface area contributed by atoms with Gasteiger partial charge in [0, 0.05) is 11.8 Å². The van der Waals surface area contributed by atoms with Crippen molar-refractivity contribution in [3.05, 3.63) is 77.5 Å². The Morgan fingerprint density at radius 1 is 1.16 bits per heavy atom. The molecule has 1 aromatic rings. The molecule has 0 saturated heterocycles. The summed E-state index contributed by atoms with van der Waals surface area (Å²) >= 11 is 0. The molecule has 1 heterocycles. The first-order valence-corrected chi connectivity index (χ1v) is 6.90. The molecule has 1 aliphatic heterocycles. The van der Waals surface area contributed by atoms with Crippen LogP contribution in [0.2, 0.25) is 0 Å². The Labute approximate surface area is 115 Å². The third kappa shape index (κ3) is 2.55. The second-order valence-electron chi connectivity index (χ2n) is 5.13. The van der Waals surface area contributed by atoms with Crippen molar-refractivity contribution < 1.29 is 0 Å². The number of rotatable bonds is 2. The van der Waals surface area contributed by atoms with Gasteiger partial charge < -0.3 is 5.32 Å². The van der Waals surface area contributed by atoms with Gasteiger partial charge in [0.25, 0.3) is 0 Å². The summed E-state index contributed by atoms with van der Waals surface area (Å²) in [5, 5.41) is 3.53. The Balaban J connectivity index is 1.83. The van der Waals surface area contributed by atoms with Crippen molar-refractivity contribution in [3.8, 4) is 0 Å². The molecule has 0 radical (unpaired) electrons. The minimum absolute atomic E-state index is 0.359. The Bertz CT molecular complexity index is 573. The van der Waals surface area contributed by atoms with E-state index in [-0.39, 0.29) is 0 Å². The van der Waals surface area contributed by atoms with Gasteiger partial charge in [0.15, 0.2) is 0 Å². The van der Waals surface area contributed by atoms with Gasteiger partial charge in [-0.15, -0.1) is 0 Å². The summed E-state index contributed by atoms with van der Waals surface area (Å²) in [5.41, 5.74) is 5.40. The lowest BCUT2D eigenvalue weighted by Gasteiger charge is -2.25. The van der Waals surface area contributed by atoms with Crippen molar-refractivity contribution in [2.24, 2.45) is 0 Å². The standard InChI is InChI=1S/C18H19N/c1-14-12-18(16-10-6-3-7-11-16)19-13-17(14)15-8-4-2-5-9-15/h2-6,8-10,12-13,18-19H,7,11H2,1H3. The molecule has 0 amide bonds. The van der Waals surface area contributed by atoms with Crippen LogP contribution in [-0.2, 0) is 0 Å². The van der Waals surface area contributed by atoms with Gasteiger partial charge in [-0.05, 0) is 36.5 Å². The minimum Gasteiger partial charge on any atom is -0.380 e. The molecule has 1 aromatic carbocycles. The fraction of sp³-hybridized carbons (Fsp3) is 0.222. The van der Waals surface area contributed by atoms with Crippen molar-refractivity contribution in [1.82, 2.24) is 5.32 Å². The smallest absolute Gasteiger partial charge is 0.0661 e. The van der Waals surface area contributed by atoms with E-state index in [1.165, 1.54) is 22.3 Å². The first-order chi connectivity index (χ1) is 9.34. The van der Waals surface area contributed by atoms with Crippen LogP contribution in [0.15, 0.2) is 72.0 Å². The zero-order chi connectivity index (χ0) is 13.1. The van der Waals surface area contributed by atoms with Crippen LogP contribution in [0.4, 0.5) is 0 Å². The van der Waals surface area contributed by atoms with Gasteiger partial charge in [-0.2, -0.15) is 0 Å². The molecule has 1 heteroatoms. The summed E-state index contributed by atoms with van der Waals surface area (Å²) in [4.78, 5) is 0. The van der Waals surface area contributed by atoms with Crippen LogP contribution in [0.1, 0.15) is 25.3 Å². The summed E-state index contributed by atoms with van der Waals surface area (Å²) in [7, 11) is 0. The van der Waals surface area contributed by atoms with Gasteiger partial charge in [0.1, 0.15) is 0 Å². The average molecular weight is 249 g/mol. The first-order valence-electron chi connectivity index (χ1n) is 6.90. The lowest BCUT2D eigenvalue weighted by atomic mass is 9.90. The van der Waals surface area contributed by atoms with E-state index >= 15 is 0 Å². The molecule has 0 fully saturated rings. The highest BCUT2D eigenvalue weighted by molar-refractivity contribution is 5.79. The molecule has 1 nitrogen and oxygen atoms in total. The quantitative estimate of drug-likeness (QED) is 0.827. The minimum atomic E-state index is 0.359. The van der Waals surface area contributed by atoms with Crippen molar-refractivity contribution in [3.63, 3.8) is 0 Å². The van der Waals surface area contributed by atoms with Crippen molar-refractivity contribution in [1.29, 1.82) is 0 Å². The van der Waals surface area contributed by atoms with Crippen molar-refractivity contribution in [2.45, 2.75) is 25.8 Å². The maximum absolute atomic E-state index is 3.53. The molecule has 0 bridgehead atoms. The number of hydrogen-bond donors (Lipinski definition) is 1. The molecule has 1 unspecified atom stereocenters. The predicted molar refractivity (Wildman–Crippen MR) is 81.6 cm³/mol. The average Bonchev–Trinajstić information content (AvgIpc) is 2.49. The molecule has 1 atom stereocenters. The number of allylic oxidation sites excluding steroid dienone is 5. The lowest BCUT2D eigenvalue weighted by molar-refractivity contribution is 0.731. The van der Waals surface area contributed by atoms with Crippen LogP contribution in [0, 0.1) is 0 Å². The van der Waals surface area contributed by atoms with Crippen molar-refractivity contribution >= 4 is 5.57 Å². The molecule has 3 rings (SSSR count). The molecule has 2 aliphatic rings. The van der Waals surface area contributed by atoms with Crippen molar-refractivity contribution in [2.75, 3.05) is 0 Å². The number of nitrogens with one attached hydrogen (secondary N) is 1. The fourth-order valence-electron chi connectivity index (χ4n) is 2.70. The molecule has 1 aliphatic carbocycles. The summed E-state index contributed by atoms with van der Waals surface area (Å²) in [6.45, 7) is 2.20. The largest absolute Gasteiger partial charge is 0.380 e. The van der Waals surface area contributed by atoms with E-state index in [9.17, 15) is 0 Å². The van der Waals surface area contributed by atoms with Crippen LogP contribution in [0.3, 0.4) is 0 Å². The number of dihydropyridines is 1. The van der Waals surface area contributed by atoms with Crippen LogP contribution in [-0.4, -0.2) is 6.04 Å². The third-order valence-electron chi connectivity index (χ3n) is 3.78. The summed E-state index contributed by atoms with van der Waals surface area (Å²) in [6.07, 6.45) is 13.5. The van der Waals surface area contributed by atoms with Crippen LogP contribution in [0.5, 0.6) is 0 Å². The summed E-state index contributed by atoms with van der Waals surface area (Å²) in [5.74, 6) is 0. The lowest BCUT2D eigenvalue weighted by Crippen LogP contribution is -2.28. The second-order valence-corrected chi connectivity index (χ2v) is 5.13. The highest BCUT2D eigenvalue weighted by Crippen LogP contribution is 2.28. The maximum atomic E-state index is 3.53. The van der Waals surface area contributed by atoms with Gasteiger partial charge in [-0.1, -0.05) is 54.6 Å². The second kappa shape index (κ2) is 5.31. The Hall–Kier alpha value is -2.02. The number of benzene rings is 1. The Kier molecular flexibility index (Phi) is 3.37. The summed E-state index contributed by atoms with van der Waals surface area (Å²) in [6, 6.07) is 10.9. The normalized spacial score (nSPS) is 22.2. The molecular weight excluding hydrogens is 230 g/mol. The highest BCUT2D eigenvalue weighted by Gasteiger charge is 2.17. The first kappa shape index (κ1) is 12.0. The predicted octanol–water partition coefficient (Wildman–Crippen LogP) is 4.22. The van der Waals surface area contributed by atoms with Crippen LogP contribution >= 0.6 is 0 Å². The molecular formula is C18H19N. The van der Waals surface area contributed by atoms with E-state index in [0.717, 1.165) is 12.8 Å². The van der Waals surface area contributed by atoms with E-state index in [4.69, 9.17) is 0 Å². The van der Waals surface area contributed by atoms with Gasteiger partial charge in [0.05, 0.1) is 6.04 Å². The molecule has 96 valence electrons. The highest BCUT2D eigenvalue weighted by atomic mass is 14.9. The molecule has 19 heavy (non-hydrogen) atoms.